The molecule has 1 aliphatic rings. The maximum Gasteiger partial charge on any atom is 0.425 e. The Kier molecular flexibility index (Phi) is 20.0. The topological polar surface area (TPSA) is 265 Å². The fourth-order valence-electron chi connectivity index (χ4n) is 7.64. The molecule has 1 aliphatic carbocycles. The number of azo groups is 2. The predicted molar refractivity (Wildman–Crippen MR) is 284 cm³/mol. The molecule has 0 atom stereocenters. The summed E-state index contributed by atoms with van der Waals surface area (Å²) in [6.07, 6.45) is 5.85. The molecule has 2 aromatic carbocycles. The molecule has 8 rings (SSSR count). The van der Waals surface area contributed by atoms with Crippen molar-refractivity contribution in [3.8, 4) is 11.5 Å². The summed E-state index contributed by atoms with van der Waals surface area (Å²) in [4.78, 5) is 21.5. The lowest BCUT2D eigenvalue weighted by molar-refractivity contribution is 0.414. The molecule has 5 aromatic heterocycles. The molecule has 0 saturated heterocycles. The lowest BCUT2D eigenvalue weighted by atomic mass is 10.0. The molecule has 7 aromatic rings. The van der Waals surface area contributed by atoms with Gasteiger partial charge in [0.15, 0.2) is 15.2 Å². The molecular weight excluding hydrogens is 1050 g/mol. The molecule has 28 heteroatoms. The van der Waals surface area contributed by atoms with Gasteiger partial charge in [0.05, 0.1) is 47.7 Å². The van der Waals surface area contributed by atoms with Crippen molar-refractivity contribution in [2.45, 2.75) is 84.1 Å². The number of nitrogens with zero attached hydrogens (tertiary/aromatic N) is 11. The van der Waals surface area contributed by atoms with E-state index in [9.17, 15) is 0 Å². The van der Waals surface area contributed by atoms with Crippen LogP contribution in [0, 0.1) is 13.8 Å². The molecule has 2 N–H and O–H groups in total. The number of hydrogen-bond acceptors (Lipinski definition) is 26. The monoisotopic (exact) mass is 1100 g/mol. The maximum absolute atomic E-state index is 8.44. The minimum absolute atomic E-state index is 0.354. The van der Waals surface area contributed by atoms with E-state index in [-0.39, 0.29) is 0 Å². The standard InChI is InChI=1S/C43H51N13O2S5.2O3S/c1-9-55(10-2)31-18-27(29(20-33(31)57-7)49-51-37-35-24(5)22-59-39(35)53-62-37)44-41-46-42(48-43(47-41)61-26-16-14-13-15-17-26)45-28-19-32(56(11-3)12-4)34(58-8)21-30(28)50-52-38-36-25(6)23-60-40(36)54-63-38;2*1-4(2)3/h18-23,26H,9-17H2,1-8H3,(H2,44,45,46,47,48);;. The number of hydrogen-bond donors (Lipinski definition) is 2. The van der Waals surface area contributed by atoms with Gasteiger partial charge in [0.2, 0.25) is 11.9 Å². The summed E-state index contributed by atoms with van der Waals surface area (Å²) in [6, 6.07) is 7.89. The van der Waals surface area contributed by atoms with Crippen LogP contribution in [0.5, 0.6) is 11.5 Å². The summed E-state index contributed by atoms with van der Waals surface area (Å²) < 4.78 is 71.8. The second kappa shape index (κ2) is 26.1. The van der Waals surface area contributed by atoms with E-state index in [0.29, 0.717) is 56.6 Å². The highest BCUT2D eigenvalue weighted by Crippen LogP contribution is 2.45. The van der Waals surface area contributed by atoms with Crippen LogP contribution in [-0.4, -0.2) is 94.6 Å². The molecule has 71 heavy (non-hydrogen) atoms. The van der Waals surface area contributed by atoms with Crippen LogP contribution in [0.3, 0.4) is 0 Å². The lowest BCUT2D eigenvalue weighted by Crippen LogP contribution is -2.22. The molecule has 1 saturated carbocycles. The first-order chi connectivity index (χ1) is 34.2. The highest BCUT2D eigenvalue weighted by Gasteiger charge is 2.22. The summed E-state index contributed by atoms with van der Waals surface area (Å²) in [7, 11) is -2.87. The number of methoxy groups -OCH3 is 2. The Balaban J connectivity index is 0.000000960. The molecule has 21 nitrogen and oxygen atoms in total. The van der Waals surface area contributed by atoms with E-state index in [2.05, 4.69) is 81.5 Å². The minimum atomic E-state index is -3.11. The Hall–Kier alpha value is -5.78. The van der Waals surface area contributed by atoms with E-state index < -0.39 is 21.2 Å². The Bertz CT molecular complexity index is 3020. The van der Waals surface area contributed by atoms with Gasteiger partial charge in [-0.1, -0.05) is 31.0 Å². The Morgan fingerprint density at radius 2 is 1.04 bits per heavy atom. The molecule has 5 heterocycles. The Morgan fingerprint density at radius 1 is 0.634 bits per heavy atom. The van der Waals surface area contributed by atoms with Crippen molar-refractivity contribution in [2.24, 2.45) is 20.5 Å². The van der Waals surface area contributed by atoms with E-state index >= 15 is 0 Å². The number of rotatable bonds is 18. The van der Waals surface area contributed by atoms with Crippen LogP contribution in [0.25, 0.3) is 20.4 Å². The minimum Gasteiger partial charge on any atom is -0.494 e. The van der Waals surface area contributed by atoms with Crippen LogP contribution in [0.1, 0.15) is 70.9 Å². The third-order valence-electron chi connectivity index (χ3n) is 11.0. The van der Waals surface area contributed by atoms with Crippen molar-refractivity contribution < 1.29 is 34.7 Å². The first kappa shape index (κ1) is 54.6. The van der Waals surface area contributed by atoms with E-state index in [4.69, 9.17) is 70.1 Å². The average Bonchev–Trinajstić information content (AvgIpc) is 4.14. The molecular formula is C43H51N13O8S7. The predicted octanol–water partition coefficient (Wildman–Crippen LogP) is 12.3. The van der Waals surface area contributed by atoms with Gasteiger partial charge >= 0.3 is 21.2 Å². The van der Waals surface area contributed by atoms with Crippen molar-refractivity contribution in [1.29, 1.82) is 0 Å². The zero-order valence-electron chi connectivity index (χ0n) is 39.9. The molecule has 0 aliphatic heterocycles. The quantitative estimate of drug-likeness (QED) is 0.0756. The molecule has 1 fully saturated rings. The van der Waals surface area contributed by atoms with Crippen LogP contribution in [0.15, 0.2) is 60.6 Å². The van der Waals surface area contributed by atoms with Crippen LogP contribution >= 0.6 is 57.5 Å². The second-order valence-electron chi connectivity index (χ2n) is 15.3. The molecule has 0 bridgehead atoms. The van der Waals surface area contributed by atoms with Crippen LogP contribution in [0.2, 0.25) is 0 Å². The molecule has 378 valence electrons. The highest BCUT2D eigenvalue weighted by molar-refractivity contribution is 7.99. The molecule has 0 amide bonds. The fourth-order valence-corrected chi connectivity index (χ4v) is 12.4. The van der Waals surface area contributed by atoms with Crippen molar-refractivity contribution >= 4 is 155 Å². The van der Waals surface area contributed by atoms with Crippen LogP contribution in [0.4, 0.5) is 56.0 Å². The van der Waals surface area contributed by atoms with E-state index in [1.165, 1.54) is 42.3 Å². The number of thioether (sulfide) groups is 1. The summed E-state index contributed by atoms with van der Waals surface area (Å²) in [5, 5.41) is 35.0. The Labute approximate surface area is 433 Å². The lowest BCUT2D eigenvalue weighted by Gasteiger charge is -2.25. The van der Waals surface area contributed by atoms with Gasteiger partial charge in [-0.25, -0.2) is 0 Å². The zero-order valence-corrected chi connectivity index (χ0v) is 45.7. The first-order valence-corrected chi connectivity index (χ1v) is 28.3. The van der Waals surface area contributed by atoms with Gasteiger partial charge in [0.1, 0.15) is 32.5 Å². The van der Waals surface area contributed by atoms with Crippen molar-refractivity contribution in [2.75, 3.05) is 60.8 Å². The summed E-state index contributed by atoms with van der Waals surface area (Å²) in [5.41, 5.74) is 6.53. The van der Waals surface area contributed by atoms with E-state index in [1.807, 2.05) is 24.3 Å². The van der Waals surface area contributed by atoms with E-state index in [0.717, 1.165) is 92.0 Å². The number of fused-ring (bicyclic) bond motifs is 2. The van der Waals surface area contributed by atoms with Gasteiger partial charge in [0.25, 0.3) is 0 Å². The highest BCUT2D eigenvalue weighted by atomic mass is 32.2. The van der Waals surface area contributed by atoms with Crippen molar-refractivity contribution in [3.63, 3.8) is 0 Å². The number of anilines is 6. The number of ether oxygens (including phenoxy) is 2. The SMILES string of the molecule is CCN(CC)c1cc(Nc2nc(Nc3cc(N(CC)CC)c(OC)cc3N=Nc3snc4scc(C)c34)nc(SC3CCCCC3)n2)c(N=Nc2snc3scc(C)c23)cc1OC.O=S(=O)=O.O=S(=O)=O. The summed E-state index contributed by atoms with van der Waals surface area (Å²) in [6.45, 7) is 15.8. The van der Waals surface area contributed by atoms with Gasteiger partial charge in [-0.15, -0.1) is 68.4 Å². The second-order valence-corrected chi connectivity index (χ2v) is 20.6. The third-order valence-corrected chi connectivity index (χ3v) is 15.9. The fraction of sp³-hybridized carbons (Fsp3) is 0.419. The molecule has 0 spiro atoms. The third kappa shape index (κ3) is 14.2. The zero-order chi connectivity index (χ0) is 51.2. The van der Waals surface area contributed by atoms with Crippen LogP contribution < -0.4 is 29.9 Å². The number of benzene rings is 2. The number of aryl methyl sites for hydroxylation is 2. The number of thiophene rings is 2. The van der Waals surface area contributed by atoms with Gasteiger partial charge in [-0.2, -0.15) is 23.7 Å². The van der Waals surface area contributed by atoms with Gasteiger partial charge < -0.3 is 29.9 Å². The Morgan fingerprint density at radius 3 is 1.42 bits per heavy atom. The summed E-state index contributed by atoms with van der Waals surface area (Å²) >= 11 is 7.60. The number of nitrogens with one attached hydrogen (secondary N) is 2. The van der Waals surface area contributed by atoms with Gasteiger partial charge in [-0.3, -0.25) is 0 Å². The van der Waals surface area contributed by atoms with Gasteiger partial charge in [-0.05, 0) is 111 Å². The largest absolute Gasteiger partial charge is 0.494 e. The smallest absolute Gasteiger partial charge is 0.425 e. The molecule has 0 radical (unpaired) electrons. The first-order valence-electron chi connectivity index (χ1n) is 22.1. The molecule has 0 unspecified atom stereocenters. The van der Waals surface area contributed by atoms with E-state index in [1.54, 1.807) is 48.7 Å². The van der Waals surface area contributed by atoms with Crippen LogP contribution in [-0.2, 0) is 21.2 Å². The summed E-state index contributed by atoms with van der Waals surface area (Å²) in [5.74, 6) is 2.08. The maximum atomic E-state index is 8.44. The normalized spacial score (nSPS) is 12.7. The van der Waals surface area contributed by atoms with Crippen molar-refractivity contribution in [3.05, 3.63) is 46.2 Å². The number of aromatic nitrogens is 5. The van der Waals surface area contributed by atoms with Crippen molar-refractivity contribution in [1.82, 2.24) is 23.7 Å². The average molecular weight is 1100 g/mol. The van der Waals surface area contributed by atoms with Gasteiger partial charge in [0, 0.05) is 43.6 Å².